The Hall–Kier alpha value is -3.69. The highest BCUT2D eigenvalue weighted by molar-refractivity contribution is 6.34. The summed E-state index contributed by atoms with van der Waals surface area (Å²) in [5, 5.41) is 13.7. The molecule has 1 aliphatic rings. The number of benzene rings is 1. The van der Waals surface area contributed by atoms with Crippen molar-refractivity contribution in [2.45, 2.75) is 44.6 Å². The minimum Gasteiger partial charge on any atom is -0.510 e. The van der Waals surface area contributed by atoms with Gasteiger partial charge in [0.25, 0.3) is 5.91 Å². The lowest BCUT2D eigenvalue weighted by Gasteiger charge is -2.14. The highest BCUT2D eigenvalue weighted by Crippen LogP contribution is 2.20. The summed E-state index contributed by atoms with van der Waals surface area (Å²) < 4.78 is 17.2. The predicted molar refractivity (Wildman–Crippen MR) is 126 cm³/mol. The van der Waals surface area contributed by atoms with E-state index < -0.39 is 5.90 Å². The molecule has 9 nitrogen and oxygen atoms in total. The van der Waals surface area contributed by atoms with Crippen molar-refractivity contribution in [2.24, 2.45) is 0 Å². The van der Waals surface area contributed by atoms with Crippen molar-refractivity contribution in [3.63, 3.8) is 0 Å². The summed E-state index contributed by atoms with van der Waals surface area (Å²) in [4.78, 5) is 29.4. The van der Waals surface area contributed by atoms with Gasteiger partial charge in [0.1, 0.15) is 38.8 Å². The summed E-state index contributed by atoms with van der Waals surface area (Å²) >= 11 is 0. The van der Waals surface area contributed by atoms with Crippen molar-refractivity contribution in [1.29, 1.82) is 0 Å². The molecule has 1 saturated carbocycles. The van der Waals surface area contributed by atoms with Gasteiger partial charge >= 0.3 is 0 Å². The number of carbonyl (C=O) groups excluding carboxylic acids is 2. The highest BCUT2D eigenvalue weighted by Gasteiger charge is 2.22. The van der Waals surface area contributed by atoms with Crippen molar-refractivity contribution in [2.75, 3.05) is 5.32 Å². The van der Waals surface area contributed by atoms with Crippen molar-refractivity contribution >= 4 is 33.3 Å². The van der Waals surface area contributed by atoms with Gasteiger partial charge in [-0.3, -0.25) is 9.59 Å². The molecule has 1 aliphatic carbocycles. The molecule has 0 atom stereocenters. The molecule has 1 fully saturated rings. The average molecular weight is 460 g/mol. The Balaban J connectivity index is 0.000000248. The molecule has 0 unspecified atom stereocenters. The lowest BCUT2D eigenvalue weighted by molar-refractivity contribution is -0.114. The van der Waals surface area contributed by atoms with Gasteiger partial charge in [-0.25, -0.2) is 9.37 Å². The fraction of sp³-hybridized carbons (Fsp3) is 0.318. The summed E-state index contributed by atoms with van der Waals surface area (Å²) in [6, 6.07) is 8.93. The van der Waals surface area contributed by atoms with E-state index in [1.54, 1.807) is 12.1 Å². The number of carbonyl (C=O) groups is 2. The Morgan fingerprint density at radius 1 is 1.09 bits per heavy atom. The Labute approximate surface area is 199 Å². The summed E-state index contributed by atoms with van der Waals surface area (Å²) in [6.07, 6.45) is 7.26. The first-order valence-electron chi connectivity index (χ1n) is 10.7. The predicted octanol–water partition coefficient (Wildman–Crippen LogP) is 2.12. The summed E-state index contributed by atoms with van der Waals surface area (Å²) in [5.41, 5.74) is 0.666. The molecule has 12 heteroatoms. The van der Waals surface area contributed by atoms with Gasteiger partial charge in [-0.2, -0.15) is 10.2 Å². The van der Waals surface area contributed by atoms with Crippen LogP contribution in [0.5, 0.6) is 5.75 Å². The number of hydrogen-bond donors (Lipinski definition) is 2. The number of anilines is 1. The van der Waals surface area contributed by atoms with Crippen LogP contribution in [0, 0.1) is 5.82 Å². The summed E-state index contributed by atoms with van der Waals surface area (Å²) in [7, 11) is 10.2. The maximum atomic E-state index is 12.6. The SMILES string of the molecule is CC(=O)Nc1ccc(-n2nccn2)c(C(=O)NC2CCCC2)n1.[B]C([B])Oc1ccc(F)cc1. The maximum Gasteiger partial charge on any atom is 0.272 e. The van der Waals surface area contributed by atoms with Gasteiger partial charge in [0, 0.05) is 18.9 Å². The quantitative estimate of drug-likeness (QED) is 0.546. The van der Waals surface area contributed by atoms with Gasteiger partial charge in [-0.1, -0.05) is 12.8 Å². The van der Waals surface area contributed by atoms with Crippen LogP contribution >= 0.6 is 0 Å². The molecule has 0 aliphatic heterocycles. The van der Waals surface area contributed by atoms with Crippen LogP contribution in [-0.4, -0.2) is 59.4 Å². The number of amides is 2. The third kappa shape index (κ3) is 7.43. The Morgan fingerprint density at radius 2 is 1.74 bits per heavy atom. The monoisotopic (exact) mass is 460 g/mol. The lowest BCUT2D eigenvalue weighted by Crippen LogP contribution is -2.34. The molecule has 0 spiro atoms. The fourth-order valence-electron chi connectivity index (χ4n) is 3.36. The minimum absolute atomic E-state index is 0.173. The first kappa shape index (κ1) is 24.9. The van der Waals surface area contributed by atoms with E-state index in [4.69, 9.17) is 20.4 Å². The molecule has 3 aromatic rings. The smallest absolute Gasteiger partial charge is 0.272 e. The zero-order valence-electron chi connectivity index (χ0n) is 18.6. The fourth-order valence-corrected chi connectivity index (χ4v) is 3.36. The molecule has 2 aromatic heterocycles. The Morgan fingerprint density at radius 3 is 2.32 bits per heavy atom. The second-order valence-corrected chi connectivity index (χ2v) is 7.56. The van der Waals surface area contributed by atoms with E-state index in [9.17, 15) is 14.0 Å². The zero-order valence-corrected chi connectivity index (χ0v) is 18.6. The van der Waals surface area contributed by atoms with Gasteiger partial charge < -0.3 is 15.4 Å². The van der Waals surface area contributed by atoms with E-state index in [-0.39, 0.29) is 29.4 Å². The number of nitrogens with one attached hydrogen (secondary N) is 2. The Kier molecular flexibility index (Phi) is 8.78. The number of nitrogens with zero attached hydrogens (tertiary/aromatic N) is 4. The van der Waals surface area contributed by atoms with Crippen LogP contribution in [-0.2, 0) is 4.79 Å². The van der Waals surface area contributed by atoms with Crippen molar-refractivity contribution < 1.29 is 18.7 Å². The minimum atomic E-state index is -0.861. The van der Waals surface area contributed by atoms with E-state index in [2.05, 4.69) is 25.8 Å². The molecule has 4 rings (SSSR count). The number of pyridine rings is 1. The van der Waals surface area contributed by atoms with Crippen molar-refractivity contribution in [3.05, 3.63) is 60.3 Å². The topological polar surface area (TPSA) is 111 Å². The zero-order chi connectivity index (χ0) is 24.5. The molecule has 2 N–H and O–H groups in total. The summed E-state index contributed by atoms with van der Waals surface area (Å²) in [6.45, 7) is 1.39. The number of hydrogen-bond acceptors (Lipinski definition) is 6. The number of aromatic nitrogens is 4. The van der Waals surface area contributed by atoms with Crippen LogP contribution in [0.25, 0.3) is 5.69 Å². The lowest BCUT2D eigenvalue weighted by atomic mass is 9.82. The molecule has 172 valence electrons. The van der Waals surface area contributed by atoms with E-state index in [1.165, 1.54) is 48.4 Å². The average Bonchev–Trinajstić information content (AvgIpc) is 3.49. The number of rotatable bonds is 6. The molecule has 0 bridgehead atoms. The molecule has 4 radical (unpaired) electrons. The van der Waals surface area contributed by atoms with Gasteiger partial charge in [0.15, 0.2) is 5.69 Å². The van der Waals surface area contributed by atoms with Crippen LogP contribution in [0.15, 0.2) is 48.8 Å². The molecule has 0 saturated heterocycles. The van der Waals surface area contributed by atoms with E-state index in [1.807, 2.05) is 0 Å². The molecule has 34 heavy (non-hydrogen) atoms. The normalized spacial score (nSPS) is 13.1. The van der Waals surface area contributed by atoms with Gasteiger partial charge in [-0.05, 0) is 49.2 Å². The van der Waals surface area contributed by atoms with Gasteiger partial charge in [0.05, 0.1) is 12.4 Å². The second kappa shape index (κ2) is 12.0. The molecule has 2 heterocycles. The largest absolute Gasteiger partial charge is 0.510 e. The van der Waals surface area contributed by atoms with E-state index in [0.717, 1.165) is 25.7 Å². The molecular weight excluding hydrogens is 437 g/mol. The number of halogens is 1. The van der Waals surface area contributed by atoms with Crippen LogP contribution in [0.2, 0.25) is 0 Å². The summed E-state index contributed by atoms with van der Waals surface area (Å²) in [5.74, 6) is -0.921. The highest BCUT2D eigenvalue weighted by atomic mass is 19.1. The van der Waals surface area contributed by atoms with Crippen LogP contribution < -0.4 is 15.4 Å². The first-order valence-corrected chi connectivity index (χ1v) is 10.7. The maximum absolute atomic E-state index is 12.6. The second-order valence-electron chi connectivity index (χ2n) is 7.56. The van der Waals surface area contributed by atoms with Gasteiger partial charge in [-0.15, -0.1) is 4.80 Å². The Bertz CT molecular complexity index is 1090. The third-order valence-corrected chi connectivity index (χ3v) is 4.80. The van der Waals surface area contributed by atoms with Crippen molar-refractivity contribution in [1.82, 2.24) is 25.3 Å². The molecule has 2 amide bonds. The molecule has 1 aromatic carbocycles. The number of ether oxygens (including phenoxy) is 1. The van der Waals surface area contributed by atoms with Crippen molar-refractivity contribution in [3.8, 4) is 11.4 Å². The van der Waals surface area contributed by atoms with E-state index in [0.29, 0.717) is 17.3 Å². The third-order valence-electron chi connectivity index (χ3n) is 4.80. The first-order chi connectivity index (χ1) is 16.3. The standard InChI is InChI=1S/C15H18N6O2.C7H5B2FO/c1-10(22)18-13-7-6-12(21-16-8-9-17-21)14(20-13)15(23)19-11-4-2-3-5-11;8-7(9)11-6-3-1-5(10)2-4-6/h6-9,11H,2-5H2,1H3,(H,19,23)(H,18,20,22);1-4,7H. The van der Waals surface area contributed by atoms with Crippen LogP contribution in [0.1, 0.15) is 43.1 Å². The van der Waals surface area contributed by atoms with Crippen LogP contribution in [0.3, 0.4) is 0 Å². The van der Waals surface area contributed by atoms with E-state index >= 15 is 0 Å². The van der Waals surface area contributed by atoms with Gasteiger partial charge in [0.2, 0.25) is 5.91 Å². The van der Waals surface area contributed by atoms with Crippen LogP contribution in [0.4, 0.5) is 10.2 Å². The molecular formula is C22H23B2FN6O3.